The average molecular weight is 549 g/mol. The molecule has 0 saturated carbocycles. The highest BCUT2D eigenvalue weighted by molar-refractivity contribution is 6.02. The lowest BCUT2D eigenvalue weighted by Gasteiger charge is -2.40. The van der Waals surface area contributed by atoms with Crippen LogP contribution in [0.5, 0.6) is 5.75 Å². The summed E-state index contributed by atoms with van der Waals surface area (Å²) in [6.07, 6.45) is 1.86. The standard InChI is InChI=1S/C37H32N4O/c1-24-20-21-38-35(22-24)41-31-10-6-5-9-30(31)40(28-16-14-27(15-17-28)37(2,3)4)32-19-13-26(23-33(32)41)29-18-12-25-8-7-11-34(42)36(25)39-29/h5-23,42H,1-4H3. The Labute approximate surface area is 246 Å². The van der Waals surface area contributed by atoms with Gasteiger partial charge in [0.25, 0.3) is 0 Å². The van der Waals surface area contributed by atoms with Gasteiger partial charge in [0.1, 0.15) is 17.1 Å². The number of hydrogen-bond donors (Lipinski definition) is 1. The monoisotopic (exact) mass is 548 g/mol. The molecule has 1 aliphatic rings. The molecular weight excluding hydrogens is 516 g/mol. The highest BCUT2D eigenvalue weighted by Gasteiger charge is 2.31. The van der Waals surface area contributed by atoms with Crippen molar-refractivity contribution in [1.29, 1.82) is 0 Å². The van der Waals surface area contributed by atoms with Crippen LogP contribution in [-0.2, 0) is 5.41 Å². The van der Waals surface area contributed by atoms with Gasteiger partial charge in [0.2, 0.25) is 0 Å². The molecule has 0 saturated heterocycles. The van der Waals surface area contributed by atoms with Crippen molar-refractivity contribution in [2.45, 2.75) is 33.1 Å². The molecule has 0 aliphatic carbocycles. The van der Waals surface area contributed by atoms with Gasteiger partial charge in [-0.05, 0) is 84.1 Å². The maximum Gasteiger partial charge on any atom is 0.141 e. The Bertz CT molecular complexity index is 1960. The lowest BCUT2D eigenvalue weighted by Crippen LogP contribution is -2.24. The van der Waals surface area contributed by atoms with Gasteiger partial charge in [0.05, 0.1) is 28.4 Å². The molecule has 4 aromatic carbocycles. The number of rotatable bonds is 3. The van der Waals surface area contributed by atoms with Crippen LogP contribution in [0.15, 0.2) is 115 Å². The van der Waals surface area contributed by atoms with Gasteiger partial charge in [-0.2, -0.15) is 0 Å². The molecule has 3 heterocycles. The summed E-state index contributed by atoms with van der Waals surface area (Å²) in [4.78, 5) is 14.2. The molecule has 7 rings (SSSR count). The van der Waals surface area contributed by atoms with E-state index in [1.807, 2.05) is 36.5 Å². The molecule has 0 spiro atoms. The zero-order chi connectivity index (χ0) is 29.0. The Morgan fingerprint density at radius 2 is 1.40 bits per heavy atom. The van der Waals surface area contributed by atoms with Crippen molar-refractivity contribution in [2.75, 3.05) is 9.80 Å². The molecule has 5 heteroatoms. The Morgan fingerprint density at radius 1 is 0.667 bits per heavy atom. The van der Waals surface area contributed by atoms with E-state index in [2.05, 4.69) is 110 Å². The summed E-state index contributed by atoms with van der Waals surface area (Å²) in [5.74, 6) is 1.03. The van der Waals surface area contributed by atoms with Crippen molar-refractivity contribution in [3.8, 4) is 17.0 Å². The summed E-state index contributed by atoms with van der Waals surface area (Å²) < 4.78 is 0. The van der Waals surface area contributed by atoms with E-state index < -0.39 is 0 Å². The lowest BCUT2D eigenvalue weighted by molar-refractivity contribution is 0.480. The van der Waals surface area contributed by atoms with Crippen LogP contribution in [0.25, 0.3) is 22.2 Å². The first-order valence-corrected chi connectivity index (χ1v) is 14.2. The number of nitrogens with zero attached hydrogens (tertiary/aromatic N) is 4. The van der Waals surface area contributed by atoms with Crippen molar-refractivity contribution in [1.82, 2.24) is 9.97 Å². The Kier molecular flexibility index (Phi) is 5.98. The first-order chi connectivity index (χ1) is 20.3. The van der Waals surface area contributed by atoms with E-state index in [1.54, 1.807) is 6.07 Å². The van der Waals surface area contributed by atoms with Gasteiger partial charge in [-0.25, -0.2) is 9.97 Å². The third-order valence-electron chi connectivity index (χ3n) is 7.94. The number of para-hydroxylation sites is 3. The van der Waals surface area contributed by atoms with Crippen molar-refractivity contribution in [3.63, 3.8) is 0 Å². The van der Waals surface area contributed by atoms with Crippen molar-refractivity contribution < 1.29 is 5.11 Å². The minimum Gasteiger partial charge on any atom is -0.506 e. The van der Waals surface area contributed by atoms with Gasteiger partial charge in [-0.15, -0.1) is 0 Å². The fourth-order valence-electron chi connectivity index (χ4n) is 5.72. The minimum absolute atomic E-state index is 0.0695. The lowest BCUT2D eigenvalue weighted by atomic mass is 9.87. The second-order valence-electron chi connectivity index (χ2n) is 11.9. The normalized spacial score (nSPS) is 12.8. The SMILES string of the molecule is Cc1ccnc(N2c3ccccc3N(c3ccc(C(C)(C)C)cc3)c3ccc(-c4ccc5cccc(O)c5n4)cc32)c1. The van der Waals surface area contributed by atoms with E-state index >= 15 is 0 Å². The van der Waals surface area contributed by atoms with Crippen LogP contribution in [0.3, 0.4) is 0 Å². The van der Waals surface area contributed by atoms with Gasteiger partial charge in [-0.1, -0.05) is 69.3 Å². The first kappa shape index (κ1) is 25.8. The Balaban J connectivity index is 1.46. The van der Waals surface area contributed by atoms with Gasteiger partial charge in [0.15, 0.2) is 0 Å². The summed E-state index contributed by atoms with van der Waals surface area (Å²) in [6, 6.07) is 37.4. The molecule has 1 N–H and O–H groups in total. The molecule has 1 aliphatic heterocycles. The summed E-state index contributed by atoms with van der Waals surface area (Å²) >= 11 is 0. The molecule has 206 valence electrons. The number of aromatic hydroxyl groups is 1. The zero-order valence-electron chi connectivity index (χ0n) is 24.2. The van der Waals surface area contributed by atoms with Gasteiger partial charge in [0, 0.05) is 22.8 Å². The number of aromatic nitrogens is 2. The van der Waals surface area contributed by atoms with Crippen LogP contribution in [0.1, 0.15) is 31.9 Å². The average Bonchev–Trinajstić information content (AvgIpc) is 2.99. The van der Waals surface area contributed by atoms with E-state index in [0.717, 1.165) is 56.5 Å². The number of phenols is 1. The second kappa shape index (κ2) is 9.74. The second-order valence-corrected chi connectivity index (χ2v) is 11.9. The van der Waals surface area contributed by atoms with Crippen molar-refractivity contribution in [3.05, 3.63) is 127 Å². The molecule has 6 aromatic rings. The molecule has 0 fully saturated rings. The van der Waals surface area contributed by atoms with Crippen LogP contribution in [-0.4, -0.2) is 15.1 Å². The van der Waals surface area contributed by atoms with E-state index in [1.165, 1.54) is 5.56 Å². The maximum absolute atomic E-state index is 10.5. The van der Waals surface area contributed by atoms with Crippen LogP contribution >= 0.6 is 0 Å². The van der Waals surface area contributed by atoms with Crippen molar-refractivity contribution in [2.24, 2.45) is 0 Å². The Hall–Kier alpha value is -5.16. The molecule has 2 aromatic heterocycles. The summed E-state index contributed by atoms with van der Waals surface area (Å²) in [7, 11) is 0. The van der Waals surface area contributed by atoms with E-state index in [9.17, 15) is 5.11 Å². The number of anilines is 6. The van der Waals surface area contributed by atoms with Crippen LogP contribution in [0, 0.1) is 6.92 Å². The number of benzene rings is 4. The number of phenolic OH excluding ortho intramolecular Hbond substituents is 1. The molecule has 0 amide bonds. The molecule has 5 nitrogen and oxygen atoms in total. The molecule has 0 unspecified atom stereocenters. The van der Waals surface area contributed by atoms with Gasteiger partial charge < -0.3 is 10.0 Å². The number of pyridine rings is 2. The molecule has 42 heavy (non-hydrogen) atoms. The predicted molar refractivity (Wildman–Crippen MR) is 173 cm³/mol. The molecule has 0 radical (unpaired) electrons. The smallest absolute Gasteiger partial charge is 0.141 e. The summed E-state index contributed by atoms with van der Waals surface area (Å²) in [6.45, 7) is 8.81. The highest BCUT2D eigenvalue weighted by Crippen LogP contribution is 2.54. The zero-order valence-corrected chi connectivity index (χ0v) is 24.2. The predicted octanol–water partition coefficient (Wildman–Crippen LogP) is 9.86. The van der Waals surface area contributed by atoms with Gasteiger partial charge >= 0.3 is 0 Å². The topological polar surface area (TPSA) is 52.5 Å². The van der Waals surface area contributed by atoms with Crippen LogP contribution in [0.2, 0.25) is 0 Å². The first-order valence-electron chi connectivity index (χ1n) is 14.2. The van der Waals surface area contributed by atoms with E-state index in [0.29, 0.717) is 5.52 Å². The minimum atomic E-state index is 0.0695. The number of fused-ring (bicyclic) bond motifs is 3. The number of hydrogen-bond acceptors (Lipinski definition) is 5. The summed E-state index contributed by atoms with van der Waals surface area (Å²) in [5, 5.41) is 11.4. The largest absolute Gasteiger partial charge is 0.506 e. The van der Waals surface area contributed by atoms with Gasteiger partial charge in [-0.3, -0.25) is 4.90 Å². The Morgan fingerprint density at radius 3 is 2.14 bits per heavy atom. The maximum atomic E-state index is 10.5. The van der Waals surface area contributed by atoms with Crippen LogP contribution in [0.4, 0.5) is 34.3 Å². The number of aryl methyl sites for hydroxylation is 1. The third-order valence-corrected chi connectivity index (χ3v) is 7.94. The molecular formula is C37H32N4O. The third kappa shape index (κ3) is 4.34. The fraction of sp³-hybridized carbons (Fsp3) is 0.135. The fourth-order valence-corrected chi connectivity index (χ4v) is 5.72. The summed E-state index contributed by atoms with van der Waals surface area (Å²) in [5.41, 5.74) is 10.1. The van der Waals surface area contributed by atoms with Crippen LogP contribution < -0.4 is 9.80 Å². The van der Waals surface area contributed by atoms with E-state index in [-0.39, 0.29) is 11.2 Å². The quantitative estimate of drug-likeness (QED) is 0.238. The molecule has 0 atom stereocenters. The van der Waals surface area contributed by atoms with Crippen molar-refractivity contribution >= 4 is 45.2 Å². The molecule has 0 bridgehead atoms. The van der Waals surface area contributed by atoms with E-state index in [4.69, 9.17) is 9.97 Å². The highest BCUT2D eigenvalue weighted by atomic mass is 16.3.